The third kappa shape index (κ3) is 3.79. The fourth-order valence-electron chi connectivity index (χ4n) is 2.68. The highest BCUT2D eigenvalue weighted by atomic mass is 35.5. The smallest absolute Gasteiger partial charge is 0.357 e. The number of hydrogen-bond donors (Lipinski definition) is 1. The molecule has 3 heterocycles. The van der Waals surface area contributed by atoms with Crippen LogP contribution in [0, 0.1) is 0 Å². The molecule has 142 valence electrons. The van der Waals surface area contributed by atoms with Gasteiger partial charge in [-0.05, 0) is 24.3 Å². The second-order valence-electron chi connectivity index (χ2n) is 5.80. The lowest BCUT2D eigenvalue weighted by Crippen LogP contribution is -2.04. The average molecular weight is 455 g/mol. The summed E-state index contributed by atoms with van der Waals surface area (Å²) in [6, 6.07) is 10.2. The molecule has 0 aliphatic rings. The molecular weight excluding hydrogens is 445 g/mol. The predicted molar refractivity (Wildman–Crippen MR) is 109 cm³/mol. The molecule has 1 aromatic carbocycles. The lowest BCUT2D eigenvalue weighted by atomic mass is 10.1. The fourth-order valence-corrected chi connectivity index (χ4v) is 4.18. The van der Waals surface area contributed by atoms with Crippen LogP contribution in [0.25, 0.3) is 21.8 Å². The molecule has 0 bridgehead atoms. The molecule has 28 heavy (non-hydrogen) atoms. The first kappa shape index (κ1) is 19.0. The van der Waals surface area contributed by atoms with E-state index in [4.69, 9.17) is 39.3 Å². The SMILES string of the molecule is O=C(O)c1nn(Cc2cc(-c3ccc(Cl)s3)on2)cc1-c1ccc(Cl)cc1Cl. The minimum atomic E-state index is -1.16. The normalized spacial score (nSPS) is 11.1. The zero-order valence-electron chi connectivity index (χ0n) is 13.9. The number of benzene rings is 1. The zero-order chi connectivity index (χ0) is 19.8. The molecule has 10 heteroatoms. The van der Waals surface area contributed by atoms with Crippen LogP contribution in [0.15, 0.2) is 47.1 Å². The topological polar surface area (TPSA) is 81.1 Å². The van der Waals surface area contributed by atoms with Gasteiger partial charge in [0, 0.05) is 28.4 Å². The number of halogens is 3. The van der Waals surface area contributed by atoms with Crippen molar-refractivity contribution in [3.05, 3.63) is 68.4 Å². The van der Waals surface area contributed by atoms with Gasteiger partial charge >= 0.3 is 5.97 Å². The molecule has 0 atom stereocenters. The van der Waals surface area contributed by atoms with Crippen LogP contribution in [0.4, 0.5) is 0 Å². The van der Waals surface area contributed by atoms with Crippen LogP contribution >= 0.6 is 46.1 Å². The van der Waals surface area contributed by atoms with E-state index in [0.29, 0.717) is 37.0 Å². The number of carbonyl (C=O) groups is 1. The van der Waals surface area contributed by atoms with Crippen molar-refractivity contribution in [2.45, 2.75) is 6.54 Å². The van der Waals surface area contributed by atoms with Crippen molar-refractivity contribution >= 4 is 52.1 Å². The van der Waals surface area contributed by atoms with Crippen molar-refractivity contribution < 1.29 is 14.4 Å². The van der Waals surface area contributed by atoms with E-state index in [2.05, 4.69) is 10.3 Å². The Balaban J connectivity index is 1.66. The number of thiophene rings is 1. The number of carboxylic acid groups (broad SMARTS) is 1. The summed E-state index contributed by atoms with van der Waals surface area (Å²) in [7, 11) is 0. The van der Waals surface area contributed by atoms with E-state index in [9.17, 15) is 9.90 Å². The van der Waals surface area contributed by atoms with Gasteiger partial charge in [-0.2, -0.15) is 5.10 Å². The van der Waals surface area contributed by atoms with Crippen LogP contribution in [0.5, 0.6) is 0 Å². The summed E-state index contributed by atoms with van der Waals surface area (Å²) >= 11 is 19.5. The van der Waals surface area contributed by atoms with Crippen LogP contribution in [0.3, 0.4) is 0 Å². The maximum absolute atomic E-state index is 11.6. The van der Waals surface area contributed by atoms with Crippen LogP contribution in [0.1, 0.15) is 16.2 Å². The highest BCUT2D eigenvalue weighted by Crippen LogP contribution is 2.33. The Bertz CT molecular complexity index is 1180. The van der Waals surface area contributed by atoms with Crippen molar-refractivity contribution in [3.63, 3.8) is 0 Å². The molecule has 4 rings (SSSR count). The van der Waals surface area contributed by atoms with Crippen LogP contribution in [-0.2, 0) is 6.54 Å². The molecule has 3 aromatic heterocycles. The van der Waals surface area contributed by atoms with Crippen molar-refractivity contribution in [2.24, 2.45) is 0 Å². The molecule has 0 aliphatic heterocycles. The molecule has 0 aliphatic carbocycles. The lowest BCUT2D eigenvalue weighted by molar-refractivity contribution is 0.0690. The highest BCUT2D eigenvalue weighted by Gasteiger charge is 2.20. The summed E-state index contributed by atoms with van der Waals surface area (Å²) in [5, 5.41) is 18.5. The quantitative estimate of drug-likeness (QED) is 0.401. The summed E-state index contributed by atoms with van der Waals surface area (Å²) < 4.78 is 7.47. The van der Waals surface area contributed by atoms with Gasteiger partial charge in [0.15, 0.2) is 11.5 Å². The van der Waals surface area contributed by atoms with Gasteiger partial charge in [0.05, 0.1) is 20.8 Å². The monoisotopic (exact) mass is 453 g/mol. The van der Waals surface area contributed by atoms with E-state index in [0.717, 1.165) is 4.88 Å². The van der Waals surface area contributed by atoms with E-state index >= 15 is 0 Å². The molecule has 0 unspecified atom stereocenters. The maximum Gasteiger partial charge on any atom is 0.357 e. The van der Waals surface area contributed by atoms with Crippen molar-refractivity contribution in [3.8, 4) is 21.8 Å². The molecule has 0 amide bonds. The van der Waals surface area contributed by atoms with Gasteiger partial charge in [0.2, 0.25) is 0 Å². The first-order valence-electron chi connectivity index (χ1n) is 7.88. The summed E-state index contributed by atoms with van der Waals surface area (Å²) in [5.41, 5.74) is 1.40. The van der Waals surface area contributed by atoms with Gasteiger partial charge in [-0.3, -0.25) is 4.68 Å². The molecule has 1 N–H and O–H groups in total. The number of hydrogen-bond acceptors (Lipinski definition) is 5. The summed E-state index contributed by atoms with van der Waals surface area (Å²) in [4.78, 5) is 12.5. The fraction of sp³-hybridized carbons (Fsp3) is 0.0556. The van der Waals surface area contributed by atoms with Crippen LogP contribution in [0.2, 0.25) is 14.4 Å². The first-order chi connectivity index (χ1) is 13.4. The second-order valence-corrected chi connectivity index (χ2v) is 8.36. The number of nitrogens with zero attached hydrogens (tertiary/aromatic N) is 3. The highest BCUT2D eigenvalue weighted by molar-refractivity contribution is 7.19. The Morgan fingerprint density at radius 3 is 2.64 bits per heavy atom. The second kappa shape index (κ2) is 7.60. The summed E-state index contributed by atoms with van der Waals surface area (Å²) in [6.45, 7) is 0.230. The van der Waals surface area contributed by atoms with Gasteiger partial charge in [0.25, 0.3) is 0 Å². The zero-order valence-corrected chi connectivity index (χ0v) is 17.0. The Morgan fingerprint density at radius 2 is 1.96 bits per heavy atom. The van der Waals surface area contributed by atoms with Gasteiger partial charge in [-0.1, -0.05) is 46.0 Å². The number of aromatic nitrogens is 3. The molecule has 4 aromatic rings. The molecule has 0 saturated heterocycles. The van der Waals surface area contributed by atoms with Gasteiger partial charge in [-0.25, -0.2) is 4.79 Å². The third-order valence-corrected chi connectivity index (χ3v) is 5.68. The number of carboxylic acids is 1. The van der Waals surface area contributed by atoms with Gasteiger partial charge in [0.1, 0.15) is 5.69 Å². The van der Waals surface area contributed by atoms with E-state index in [1.54, 1.807) is 36.5 Å². The standard InChI is InChI=1S/C18H10Cl3N3O3S/c19-9-1-2-11(13(20)5-9)12-8-24(22-17(12)18(25)26)7-10-6-14(27-23-10)15-3-4-16(21)28-15/h1-6,8H,7H2,(H,25,26). The molecule has 6 nitrogen and oxygen atoms in total. The Hall–Kier alpha value is -2.32. The summed E-state index contributed by atoms with van der Waals surface area (Å²) in [5.74, 6) is -0.577. The number of rotatable bonds is 5. The number of aromatic carboxylic acids is 1. The average Bonchev–Trinajstić information content (AvgIpc) is 3.35. The first-order valence-corrected chi connectivity index (χ1v) is 9.83. The van der Waals surface area contributed by atoms with Crippen molar-refractivity contribution in [1.82, 2.24) is 14.9 Å². The van der Waals surface area contributed by atoms with E-state index < -0.39 is 5.97 Å². The minimum absolute atomic E-state index is 0.113. The third-order valence-electron chi connectivity index (χ3n) is 3.88. The Labute approximate surface area is 177 Å². The van der Waals surface area contributed by atoms with Crippen molar-refractivity contribution in [1.29, 1.82) is 0 Å². The lowest BCUT2D eigenvalue weighted by Gasteiger charge is -2.03. The molecule has 0 saturated carbocycles. The summed E-state index contributed by atoms with van der Waals surface area (Å²) in [6.07, 6.45) is 1.61. The molecular formula is C18H10Cl3N3O3S. The van der Waals surface area contributed by atoms with Gasteiger partial charge < -0.3 is 9.63 Å². The van der Waals surface area contributed by atoms with E-state index in [1.807, 2.05) is 6.07 Å². The maximum atomic E-state index is 11.6. The molecule has 0 fully saturated rings. The van der Waals surface area contributed by atoms with Crippen LogP contribution < -0.4 is 0 Å². The van der Waals surface area contributed by atoms with Crippen LogP contribution in [-0.4, -0.2) is 26.0 Å². The molecule has 0 radical (unpaired) electrons. The van der Waals surface area contributed by atoms with Crippen molar-refractivity contribution in [2.75, 3.05) is 0 Å². The predicted octanol–water partition coefficient (Wildman–Crippen LogP) is 5.97. The van der Waals surface area contributed by atoms with E-state index in [-0.39, 0.29) is 12.2 Å². The van der Waals surface area contributed by atoms with E-state index in [1.165, 1.54) is 16.0 Å². The minimum Gasteiger partial charge on any atom is -0.476 e. The largest absolute Gasteiger partial charge is 0.476 e. The molecule has 0 spiro atoms. The Kier molecular flexibility index (Phi) is 5.16. The Morgan fingerprint density at radius 1 is 1.14 bits per heavy atom. The van der Waals surface area contributed by atoms with Gasteiger partial charge in [-0.15, -0.1) is 11.3 Å².